The van der Waals surface area contributed by atoms with Gasteiger partial charge in [-0.2, -0.15) is 10.2 Å². The third kappa shape index (κ3) is 3.49. The van der Waals surface area contributed by atoms with Crippen molar-refractivity contribution in [3.05, 3.63) is 36.7 Å². The first-order valence-electron chi connectivity index (χ1n) is 9.17. The van der Waals surface area contributed by atoms with E-state index >= 15 is 0 Å². The van der Waals surface area contributed by atoms with E-state index < -0.39 is 5.41 Å². The van der Waals surface area contributed by atoms with Gasteiger partial charge in [0.15, 0.2) is 0 Å². The first kappa shape index (κ1) is 18.5. The number of hydrogen-bond donors (Lipinski definition) is 0. The fourth-order valence-corrected chi connectivity index (χ4v) is 4.25. The van der Waals surface area contributed by atoms with Gasteiger partial charge in [-0.3, -0.25) is 14.5 Å². The van der Waals surface area contributed by atoms with Crippen LogP contribution in [0.3, 0.4) is 0 Å². The Kier molecular flexibility index (Phi) is 5.66. The lowest BCUT2D eigenvalue weighted by Crippen LogP contribution is -2.43. The van der Waals surface area contributed by atoms with E-state index in [1.807, 2.05) is 17.9 Å². The SMILES string of the molecule is C=CCN1C[C@@H]2CN(C(=O)c3ccnnc3)CCC[C@]2(C(=O)OCC)C1. The first-order chi connectivity index (χ1) is 12.6. The van der Waals surface area contributed by atoms with Gasteiger partial charge in [0.25, 0.3) is 5.91 Å². The molecule has 2 aliphatic rings. The number of fused-ring (bicyclic) bond motifs is 1. The van der Waals surface area contributed by atoms with Gasteiger partial charge in [0, 0.05) is 38.6 Å². The standard InChI is InChI=1S/C19H26N4O3/c1-3-9-22-12-16-13-23(17(24)15-6-8-20-21-11-15)10-5-7-19(16,14-22)18(25)26-4-2/h3,6,8,11,16H,1,4-5,7,9-10,12-14H2,2H3/t16-,19+/m1/s1. The number of esters is 1. The molecule has 0 aliphatic carbocycles. The molecule has 0 saturated carbocycles. The van der Waals surface area contributed by atoms with Crippen LogP contribution in [-0.2, 0) is 9.53 Å². The zero-order valence-electron chi connectivity index (χ0n) is 15.3. The number of amides is 1. The van der Waals surface area contributed by atoms with Crippen molar-refractivity contribution in [3.8, 4) is 0 Å². The Balaban J connectivity index is 1.83. The van der Waals surface area contributed by atoms with Crippen molar-refractivity contribution in [2.75, 3.05) is 39.3 Å². The van der Waals surface area contributed by atoms with Crippen LogP contribution < -0.4 is 0 Å². The van der Waals surface area contributed by atoms with Crippen molar-refractivity contribution in [2.45, 2.75) is 19.8 Å². The summed E-state index contributed by atoms with van der Waals surface area (Å²) in [7, 11) is 0. The van der Waals surface area contributed by atoms with Crippen molar-refractivity contribution in [2.24, 2.45) is 11.3 Å². The highest BCUT2D eigenvalue weighted by molar-refractivity contribution is 5.94. The lowest BCUT2D eigenvalue weighted by atomic mass is 9.75. The lowest BCUT2D eigenvalue weighted by Gasteiger charge is -2.31. The zero-order valence-corrected chi connectivity index (χ0v) is 15.3. The second-order valence-electron chi connectivity index (χ2n) is 7.04. The molecule has 0 spiro atoms. The maximum absolute atomic E-state index is 12.9. The molecule has 2 aliphatic heterocycles. The summed E-state index contributed by atoms with van der Waals surface area (Å²) in [6.45, 7) is 9.38. The molecule has 2 atom stereocenters. The Hall–Kier alpha value is -2.28. The molecule has 0 radical (unpaired) electrons. The van der Waals surface area contributed by atoms with Crippen molar-refractivity contribution in [1.29, 1.82) is 0 Å². The summed E-state index contributed by atoms with van der Waals surface area (Å²) in [4.78, 5) is 29.8. The maximum atomic E-state index is 12.9. The van der Waals surface area contributed by atoms with Gasteiger partial charge in [-0.05, 0) is 25.8 Å². The summed E-state index contributed by atoms with van der Waals surface area (Å²) in [5.41, 5.74) is -0.00514. The number of carbonyl (C=O) groups is 2. The highest BCUT2D eigenvalue weighted by Gasteiger charge is 2.54. The van der Waals surface area contributed by atoms with E-state index in [0.29, 0.717) is 31.8 Å². The van der Waals surface area contributed by atoms with Crippen LogP contribution in [0.15, 0.2) is 31.1 Å². The van der Waals surface area contributed by atoms with Gasteiger partial charge in [0.2, 0.25) is 0 Å². The quantitative estimate of drug-likeness (QED) is 0.585. The number of carbonyl (C=O) groups excluding carboxylic acids is 2. The Morgan fingerprint density at radius 3 is 2.96 bits per heavy atom. The molecule has 1 amide bonds. The molecule has 0 bridgehead atoms. The largest absolute Gasteiger partial charge is 0.466 e. The van der Waals surface area contributed by atoms with E-state index in [-0.39, 0.29) is 17.8 Å². The number of aromatic nitrogens is 2. The minimum Gasteiger partial charge on any atom is -0.466 e. The normalized spacial score (nSPS) is 26.0. The van der Waals surface area contributed by atoms with E-state index in [4.69, 9.17) is 4.74 Å². The van der Waals surface area contributed by atoms with Crippen LogP contribution in [-0.4, -0.2) is 71.2 Å². The summed E-state index contributed by atoms with van der Waals surface area (Å²) in [5.74, 6) is -0.124. The van der Waals surface area contributed by atoms with Crippen molar-refractivity contribution in [1.82, 2.24) is 20.0 Å². The Labute approximate surface area is 154 Å². The van der Waals surface area contributed by atoms with Crippen molar-refractivity contribution in [3.63, 3.8) is 0 Å². The molecule has 1 aromatic heterocycles. The molecule has 140 valence electrons. The Morgan fingerprint density at radius 2 is 2.27 bits per heavy atom. The third-order valence-electron chi connectivity index (χ3n) is 5.45. The van der Waals surface area contributed by atoms with E-state index in [1.54, 1.807) is 6.07 Å². The van der Waals surface area contributed by atoms with E-state index in [0.717, 1.165) is 25.9 Å². The third-order valence-corrected chi connectivity index (χ3v) is 5.45. The molecule has 2 saturated heterocycles. The molecule has 1 aromatic rings. The average Bonchev–Trinajstić information content (AvgIpc) is 2.89. The molecule has 2 fully saturated rings. The molecule has 26 heavy (non-hydrogen) atoms. The van der Waals surface area contributed by atoms with Crippen LogP contribution in [0.4, 0.5) is 0 Å². The highest BCUT2D eigenvalue weighted by atomic mass is 16.5. The van der Waals surface area contributed by atoms with Crippen LogP contribution in [0.25, 0.3) is 0 Å². The zero-order chi connectivity index (χ0) is 18.6. The molecule has 0 aromatic carbocycles. The monoisotopic (exact) mass is 358 g/mol. The molecular weight excluding hydrogens is 332 g/mol. The van der Waals surface area contributed by atoms with Gasteiger partial charge in [-0.25, -0.2) is 0 Å². The van der Waals surface area contributed by atoms with Gasteiger partial charge < -0.3 is 9.64 Å². The second kappa shape index (κ2) is 7.95. The molecule has 7 nitrogen and oxygen atoms in total. The summed E-state index contributed by atoms with van der Waals surface area (Å²) in [6, 6.07) is 1.68. The molecule has 0 unspecified atom stereocenters. The lowest BCUT2D eigenvalue weighted by molar-refractivity contribution is -0.157. The maximum Gasteiger partial charge on any atom is 0.313 e. The van der Waals surface area contributed by atoms with Gasteiger partial charge in [-0.15, -0.1) is 6.58 Å². The Morgan fingerprint density at radius 1 is 1.42 bits per heavy atom. The fraction of sp³-hybridized carbons (Fsp3) is 0.579. The number of rotatable bonds is 5. The number of ether oxygens (including phenoxy) is 1. The Bertz CT molecular complexity index is 666. The number of hydrogen-bond acceptors (Lipinski definition) is 6. The van der Waals surface area contributed by atoms with E-state index in [2.05, 4.69) is 21.7 Å². The average molecular weight is 358 g/mol. The van der Waals surface area contributed by atoms with Crippen molar-refractivity contribution < 1.29 is 14.3 Å². The van der Waals surface area contributed by atoms with Gasteiger partial charge in [-0.1, -0.05) is 6.08 Å². The minimum atomic E-state index is -0.537. The van der Waals surface area contributed by atoms with Gasteiger partial charge >= 0.3 is 5.97 Å². The highest BCUT2D eigenvalue weighted by Crippen LogP contribution is 2.43. The summed E-state index contributed by atoms with van der Waals surface area (Å²) in [6.07, 6.45) is 6.39. The fourth-order valence-electron chi connectivity index (χ4n) is 4.25. The minimum absolute atomic E-state index is 0.0540. The molecule has 7 heteroatoms. The van der Waals surface area contributed by atoms with Crippen LogP contribution in [0.5, 0.6) is 0 Å². The predicted molar refractivity (Wildman–Crippen MR) is 96.4 cm³/mol. The number of likely N-dealkylation sites (tertiary alicyclic amines) is 2. The molecule has 3 rings (SSSR count). The van der Waals surface area contributed by atoms with E-state index in [9.17, 15) is 9.59 Å². The summed E-state index contributed by atoms with van der Waals surface area (Å²) < 4.78 is 5.44. The van der Waals surface area contributed by atoms with Gasteiger partial charge in [0.05, 0.1) is 30.0 Å². The van der Waals surface area contributed by atoms with Gasteiger partial charge in [0.1, 0.15) is 0 Å². The van der Waals surface area contributed by atoms with Crippen molar-refractivity contribution >= 4 is 11.9 Å². The smallest absolute Gasteiger partial charge is 0.313 e. The number of nitrogens with zero attached hydrogens (tertiary/aromatic N) is 4. The summed E-state index contributed by atoms with van der Waals surface area (Å²) >= 11 is 0. The molecule has 3 heterocycles. The van der Waals surface area contributed by atoms with E-state index in [1.165, 1.54) is 12.4 Å². The molecular formula is C19H26N4O3. The topological polar surface area (TPSA) is 75.6 Å². The van der Waals surface area contributed by atoms with Crippen LogP contribution in [0.1, 0.15) is 30.1 Å². The van der Waals surface area contributed by atoms with Crippen LogP contribution in [0, 0.1) is 11.3 Å². The predicted octanol–water partition coefficient (Wildman–Crippen LogP) is 1.38. The molecule has 0 N–H and O–H groups in total. The second-order valence-corrected chi connectivity index (χ2v) is 7.04. The first-order valence-corrected chi connectivity index (χ1v) is 9.17. The van der Waals surface area contributed by atoms with Crippen LogP contribution in [0.2, 0.25) is 0 Å². The van der Waals surface area contributed by atoms with Crippen LogP contribution >= 0.6 is 0 Å². The summed E-state index contributed by atoms with van der Waals surface area (Å²) in [5, 5.41) is 7.53.